The van der Waals surface area contributed by atoms with Crippen molar-refractivity contribution in [1.29, 1.82) is 0 Å². The van der Waals surface area contributed by atoms with E-state index in [9.17, 15) is 9.18 Å². The van der Waals surface area contributed by atoms with Crippen LogP contribution in [0.2, 0.25) is 0 Å². The molecule has 0 bridgehead atoms. The number of piperazine rings is 1. The number of nitrogens with one attached hydrogen (secondary N) is 1. The number of carboxylic acid groups (broad SMARTS) is 1. The highest BCUT2D eigenvalue weighted by Crippen LogP contribution is 2.17. The second kappa shape index (κ2) is 5.32. The normalized spacial score (nSPS) is 17.7. The largest absolute Gasteiger partial charge is 0.478 e. The van der Waals surface area contributed by atoms with Crippen LogP contribution in [0.3, 0.4) is 0 Å². The maximum absolute atomic E-state index is 13.7. The molecule has 0 aliphatic carbocycles. The molecule has 0 spiro atoms. The Labute approximate surface area is 105 Å². The summed E-state index contributed by atoms with van der Waals surface area (Å²) in [6, 6.07) is 3.88. The van der Waals surface area contributed by atoms with Crippen LogP contribution in [0.1, 0.15) is 10.4 Å². The molecule has 1 saturated heterocycles. The van der Waals surface area contributed by atoms with Gasteiger partial charge in [-0.3, -0.25) is 0 Å². The van der Waals surface area contributed by atoms with Crippen molar-refractivity contribution in [2.24, 2.45) is 0 Å². The van der Waals surface area contributed by atoms with Crippen molar-refractivity contribution in [3.63, 3.8) is 0 Å². The van der Waals surface area contributed by atoms with Gasteiger partial charge < -0.3 is 15.4 Å². The zero-order valence-electron chi connectivity index (χ0n) is 10.2. The summed E-state index contributed by atoms with van der Waals surface area (Å²) in [5.41, 5.74) is 3.24. The van der Waals surface area contributed by atoms with Gasteiger partial charge in [0.1, 0.15) is 5.82 Å². The number of rotatable bonds is 3. The quantitative estimate of drug-likeness (QED) is 0.844. The molecule has 0 aromatic heterocycles. The summed E-state index contributed by atoms with van der Waals surface area (Å²) < 4.78 is 13.7. The highest BCUT2D eigenvalue weighted by atomic mass is 19.1. The van der Waals surface area contributed by atoms with Gasteiger partial charge in [0.2, 0.25) is 0 Å². The molecule has 1 aliphatic heterocycles. The number of hydrazine groups is 1. The van der Waals surface area contributed by atoms with E-state index < -0.39 is 11.8 Å². The van der Waals surface area contributed by atoms with Gasteiger partial charge in [0.25, 0.3) is 0 Å². The zero-order chi connectivity index (χ0) is 13.1. The fourth-order valence-electron chi connectivity index (χ4n) is 1.83. The van der Waals surface area contributed by atoms with Gasteiger partial charge in [0.15, 0.2) is 0 Å². The molecule has 1 aromatic rings. The lowest BCUT2D eigenvalue weighted by molar-refractivity contribution is 0.0696. The van der Waals surface area contributed by atoms with E-state index in [0.29, 0.717) is 5.69 Å². The van der Waals surface area contributed by atoms with Gasteiger partial charge in [-0.1, -0.05) is 0 Å². The number of benzene rings is 1. The van der Waals surface area contributed by atoms with Gasteiger partial charge in [-0.15, -0.1) is 0 Å². The first-order chi connectivity index (χ1) is 8.56. The number of nitrogens with zero attached hydrogens (tertiary/aromatic N) is 2. The van der Waals surface area contributed by atoms with Crippen LogP contribution in [0, 0.1) is 5.82 Å². The summed E-state index contributed by atoms with van der Waals surface area (Å²) in [5, 5.41) is 10.7. The lowest BCUT2D eigenvalue weighted by Gasteiger charge is -2.33. The lowest BCUT2D eigenvalue weighted by atomic mass is 10.2. The number of carboxylic acids is 1. The predicted octanol–water partition coefficient (Wildman–Crippen LogP) is 1.10. The minimum atomic E-state index is -1.12. The van der Waals surface area contributed by atoms with Gasteiger partial charge in [-0.25, -0.2) is 14.2 Å². The summed E-state index contributed by atoms with van der Waals surface area (Å²) in [7, 11) is 2.04. The number of halogens is 1. The number of hydrogen-bond acceptors (Lipinski definition) is 4. The Balaban J connectivity index is 2.03. The predicted molar refractivity (Wildman–Crippen MR) is 66.1 cm³/mol. The first-order valence-electron chi connectivity index (χ1n) is 5.79. The van der Waals surface area contributed by atoms with Crippen LogP contribution in [0.25, 0.3) is 0 Å². The van der Waals surface area contributed by atoms with Crippen LogP contribution in [-0.4, -0.2) is 54.2 Å². The number of carbonyl (C=O) groups is 1. The van der Waals surface area contributed by atoms with Crippen LogP contribution < -0.4 is 5.43 Å². The molecule has 0 unspecified atom stereocenters. The molecule has 98 valence electrons. The van der Waals surface area contributed by atoms with Gasteiger partial charge in [-0.2, -0.15) is 0 Å². The molecule has 2 N–H and O–H groups in total. The zero-order valence-corrected chi connectivity index (χ0v) is 10.2. The first kappa shape index (κ1) is 12.8. The monoisotopic (exact) mass is 253 g/mol. The van der Waals surface area contributed by atoms with E-state index in [1.54, 1.807) is 0 Å². The lowest BCUT2D eigenvalue weighted by Crippen LogP contribution is -2.47. The summed E-state index contributed by atoms with van der Waals surface area (Å²) in [5.74, 6) is -1.67. The van der Waals surface area contributed by atoms with E-state index in [1.807, 2.05) is 12.1 Å². The molecule has 0 amide bonds. The van der Waals surface area contributed by atoms with Crippen LogP contribution in [0.15, 0.2) is 18.2 Å². The fourth-order valence-corrected chi connectivity index (χ4v) is 1.83. The second-order valence-corrected chi connectivity index (χ2v) is 4.40. The third-order valence-corrected chi connectivity index (χ3v) is 3.00. The molecular weight excluding hydrogens is 237 g/mol. The smallest absolute Gasteiger partial charge is 0.335 e. The number of likely N-dealkylation sites (N-methyl/N-ethyl adjacent to an activating group) is 1. The van der Waals surface area contributed by atoms with Crippen molar-refractivity contribution < 1.29 is 14.3 Å². The van der Waals surface area contributed by atoms with E-state index in [0.717, 1.165) is 32.2 Å². The van der Waals surface area contributed by atoms with E-state index >= 15 is 0 Å². The average Bonchev–Trinajstić information content (AvgIpc) is 2.34. The molecule has 1 aromatic carbocycles. The average molecular weight is 253 g/mol. The molecule has 1 fully saturated rings. The SMILES string of the molecule is CN1CCN(Nc2ccc(C(=O)O)cc2F)CC1. The van der Waals surface area contributed by atoms with E-state index in [2.05, 4.69) is 10.3 Å². The Kier molecular flexibility index (Phi) is 3.78. The number of hydrogen-bond donors (Lipinski definition) is 2. The van der Waals surface area contributed by atoms with Gasteiger partial charge in [-0.05, 0) is 25.2 Å². The maximum atomic E-state index is 13.7. The van der Waals surface area contributed by atoms with Gasteiger partial charge >= 0.3 is 5.97 Å². The molecule has 0 saturated carbocycles. The van der Waals surface area contributed by atoms with Crippen LogP contribution in [0.5, 0.6) is 0 Å². The van der Waals surface area contributed by atoms with Crippen molar-refractivity contribution in [2.75, 3.05) is 38.7 Å². The van der Waals surface area contributed by atoms with Gasteiger partial charge in [0, 0.05) is 26.2 Å². The molecule has 6 heteroatoms. The summed E-state index contributed by atoms with van der Waals surface area (Å²) >= 11 is 0. The van der Waals surface area contributed by atoms with Crippen LogP contribution >= 0.6 is 0 Å². The van der Waals surface area contributed by atoms with Gasteiger partial charge in [0.05, 0.1) is 11.3 Å². The van der Waals surface area contributed by atoms with E-state index in [1.165, 1.54) is 12.1 Å². The Morgan fingerprint density at radius 1 is 1.33 bits per heavy atom. The molecule has 1 heterocycles. The van der Waals surface area contributed by atoms with Crippen molar-refractivity contribution in [1.82, 2.24) is 9.91 Å². The minimum absolute atomic E-state index is 0.0450. The van der Waals surface area contributed by atoms with Crippen molar-refractivity contribution in [3.05, 3.63) is 29.6 Å². The van der Waals surface area contributed by atoms with E-state index in [-0.39, 0.29) is 5.56 Å². The van der Waals surface area contributed by atoms with Crippen molar-refractivity contribution >= 4 is 11.7 Å². The minimum Gasteiger partial charge on any atom is -0.478 e. The van der Waals surface area contributed by atoms with Crippen LogP contribution in [-0.2, 0) is 0 Å². The van der Waals surface area contributed by atoms with E-state index in [4.69, 9.17) is 5.11 Å². The highest BCUT2D eigenvalue weighted by Gasteiger charge is 2.15. The first-order valence-corrected chi connectivity index (χ1v) is 5.79. The molecule has 1 aliphatic rings. The number of anilines is 1. The third-order valence-electron chi connectivity index (χ3n) is 3.00. The Morgan fingerprint density at radius 2 is 2.00 bits per heavy atom. The summed E-state index contributed by atoms with van der Waals surface area (Å²) in [6.45, 7) is 3.44. The molecule has 2 rings (SSSR count). The topological polar surface area (TPSA) is 55.8 Å². The maximum Gasteiger partial charge on any atom is 0.335 e. The highest BCUT2D eigenvalue weighted by molar-refractivity contribution is 5.88. The van der Waals surface area contributed by atoms with Crippen molar-refractivity contribution in [3.8, 4) is 0 Å². The second-order valence-electron chi connectivity index (χ2n) is 4.40. The Morgan fingerprint density at radius 3 is 2.56 bits per heavy atom. The van der Waals surface area contributed by atoms with Crippen molar-refractivity contribution in [2.45, 2.75) is 0 Å². The Bertz CT molecular complexity index is 445. The third kappa shape index (κ3) is 2.96. The standard InChI is InChI=1S/C12H16FN3O2/c1-15-4-6-16(7-5-15)14-11-3-2-9(12(17)18)8-10(11)13/h2-3,8,14H,4-7H2,1H3,(H,17,18). The molecule has 5 nitrogen and oxygen atoms in total. The molecule has 0 radical (unpaired) electrons. The molecule has 0 atom stereocenters. The van der Waals surface area contributed by atoms with Crippen LogP contribution in [0.4, 0.5) is 10.1 Å². The fraction of sp³-hybridized carbons (Fsp3) is 0.417. The molecule has 18 heavy (non-hydrogen) atoms. The summed E-state index contributed by atoms with van der Waals surface area (Å²) in [4.78, 5) is 12.9. The number of aromatic carboxylic acids is 1. The Hall–Kier alpha value is -1.66. The molecular formula is C12H16FN3O2. The summed E-state index contributed by atoms with van der Waals surface area (Å²) in [6.07, 6.45) is 0.